The first-order valence-corrected chi connectivity index (χ1v) is 3.62. The van der Waals surface area contributed by atoms with Gasteiger partial charge in [-0.3, -0.25) is 0 Å². The lowest BCUT2D eigenvalue weighted by Crippen LogP contribution is -1.90. The van der Waals surface area contributed by atoms with Crippen LogP contribution in [-0.4, -0.2) is 9.55 Å². The molecule has 0 saturated carbocycles. The van der Waals surface area contributed by atoms with Crippen molar-refractivity contribution in [2.45, 2.75) is 26.3 Å². The average molecular weight is 149 g/mol. The molecule has 0 aliphatic rings. The van der Waals surface area contributed by atoms with Gasteiger partial charge in [-0.05, 0) is 5.92 Å². The van der Waals surface area contributed by atoms with Crippen molar-refractivity contribution in [1.29, 1.82) is 5.26 Å². The molecule has 3 heteroatoms. The quantitative estimate of drug-likeness (QED) is 0.639. The molecule has 0 spiro atoms. The molecule has 58 valence electrons. The van der Waals surface area contributed by atoms with E-state index in [4.69, 9.17) is 5.26 Å². The highest BCUT2D eigenvalue weighted by Crippen LogP contribution is 2.09. The van der Waals surface area contributed by atoms with Crippen LogP contribution < -0.4 is 0 Å². The van der Waals surface area contributed by atoms with Crippen molar-refractivity contribution in [2.24, 2.45) is 0 Å². The molecule has 1 aromatic rings. The van der Waals surface area contributed by atoms with Crippen LogP contribution in [0.1, 0.15) is 25.5 Å². The van der Waals surface area contributed by atoms with Gasteiger partial charge < -0.3 is 4.57 Å². The predicted molar refractivity (Wildman–Crippen MR) is 41.9 cm³/mol. The number of nitriles is 1. The third kappa shape index (κ3) is 1.81. The fourth-order valence-electron chi connectivity index (χ4n) is 0.844. The highest BCUT2D eigenvalue weighted by molar-refractivity contribution is 5.02. The Morgan fingerprint density at radius 1 is 1.73 bits per heavy atom. The van der Waals surface area contributed by atoms with E-state index < -0.39 is 0 Å². The number of aromatic nitrogens is 2. The molecule has 0 radical (unpaired) electrons. The van der Waals surface area contributed by atoms with Gasteiger partial charge in [0.25, 0.3) is 0 Å². The van der Waals surface area contributed by atoms with Crippen LogP contribution in [0.4, 0.5) is 0 Å². The van der Waals surface area contributed by atoms with Gasteiger partial charge in [-0.15, -0.1) is 0 Å². The largest absolute Gasteiger partial charge is 0.323 e. The van der Waals surface area contributed by atoms with Crippen LogP contribution in [0.15, 0.2) is 12.5 Å². The molecular formula is C8H11N3. The van der Waals surface area contributed by atoms with Crippen molar-refractivity contribution in [3.63, 3.8) is 0 Å². The highest BCUT2D eigenvalue weighted by Gasteiger charge is 2.01. The first kappa shape index (κ1) is 7.80. The summed E-state index contributed by atoms with van der Waals surface area (Å²) in [6.07, 6.45) is 3.60. The Labute approximate surface area is 66.3 Å². The molecule has 1 aromatic heterocycles. The molecule has 0 saturated heterocycles. The minimum absolute atomic E-state index is 0.389. The number of imidazole rings is 1. The van der Waals surface area contributed by atoms with Crippen molar-refractivity contribution in [3.8, 4) is 6.07 Å². The molecule has 0 unspecified atom stereocenters. The molecular weight excluding hydrogens is 138 g/mol. The second kappa shape index (κ2) is 3.20. The molecule has 1 rings (SSSR count). The summed E-state index contributed by atoms with van der Waals surface area (Å²) in [6, 6.07) is 2.06. The summed E-state index contributed by atoms with van der Waals surface area (Å²) in [5, 5.41) is 8.37. The molecule has 0 aliphatic carbocycles. The zero-order chi connectivity index (χ0) is 8.27. The molecule has 11 heavy (non-hydrogen) atoms. The Morgan fingerprint density at radius 2 is 2.45 bits per heavy atom. The summed E-state index contributed by atoms with van der Waals surface area (Å²) < 4.78 is 1.79. The number of hydrogen-bond donors (Lipinski definition) is 0. The summed E-state index contributed by atoms with van der Waals surface area (Å²) in [7, 11) is 0. The Hall–Kier alpha value is -1.30. The topological polar surface area (TPSA) is 41.6 Å². The number of rotatable bonds is 2. The first-order chi connectivity index (χ1) is 5.24. The Bertz CT molecular complexity index is 267. The fourth-order valence-corrected chi connectivity index (χ4v) is 0.844. The van der Waals surface area contributed by atoms with Gasteiger partial charge in [0.05, 0.1) is 18.1 Å². The van der Waals surface area contributed by atoms with Gasteiger partial charge in [0.2, 0.25) is 0 Å². The van der Waals surface area contributed by atoms with E-state index in [1.54, 1.807) is 10.9 Å². The van der Waals surface area contributed by atoms with Crippen LogP contribution in [0.5, 0.6) is 0 Å². The molecule has 0 fully saturated rings. The Balaban J connectivity index is 2.75. The minimum Gasteiger partial charge on any atom is -0.323 e. The fraction of sp³-hybridized carbons (Fsp3) is 0.500. The van der Waals surface area contributed by atoms with Crippen LogP contribution in [0.25, 0.3) is 0 Å². The average Bonchev–Trinajstić information content (AvgIpc) is 2.37. The number of nitrogens with zero attached hydrogens (tertiary/aromatic N) is 3. The van der Waals surface area contributed by atoms with Crippen molar-refractivity contribution < 1.29 is 0 Å². The summed E-state index contributed by atoms with van der Waals surface area (Å²) in [5.74, 6) is 0.440. The third-order valence-corrected chi connectivity index (χ3v) is 1.50. The SMILES string of the molecule is CC(C)c1cn(CC#N)cn1. The van der Waals surface area contributed by atoms with E-state index in [1.807, 2.05) is 6.20 Å². The maximum absolute atomic E-state index is 8.37. The Morgan fingerprint density at radius 3 is 2.91 bits per heavy atom. The van der Waals surface area contributed by atoms with Gasteiger partial charge in [-0.2, -0.15) is 5.26 Å². The smallest absolute Gasteiger partial charge is 0.111 e. The normalized spacial score (nSPS) is 10.0. The van der Waals surface area contributed by atoms with E-state index in [9.17, 15) is 0 Å². The van der Waals surface area contributed by atoms with Gasteiger partial charge in [0.1, 0.15) is 6.54 Å². The Kier molecular flexibility index (Phi) is 2.27. The van der Waals surface area contributed by atoms with Crippen LogP contribution in [0.2, 0.25) is 0 Å². The summed E-state index contributed by atoms with van der Waals surface area (Å²) >= 11 is 0. The second-order valence-corrected chi connectivity index (χ2v) is 2.78. The van der Waals surface area contributed by atoms with Crippen LogP contribution >= 0.6 is 0 Å². The third-order valence-electron chi connectivity index (χ3n) is 1.50. The van der Waals surface area contributed by atoms with Crippen molar-refractivity contribution >= 4 is 0 Å². The molecule has 1 heterocycles. The standard InChI is InChI=1S/C8H11N3/c1-7(2)8-5-11(4-3-9)6-10-8/h5-7H,4H2,1-2H3. The maximum Gasteiger partial charge on any atom is 0.111 e. The lowest BCUT2D eigenvalue weighted by molar-refractivity contribution is 0.813. The summed E-state index contributed by atoms with van der Waals surface area (Å²) in [4.78, 5) is 4.15. The van der Waals surface area contributed by atoms with E-state index in [1.165, 1.54) is 0 Å². The molecule has 0 N–H and O–H groups in total. The van der Waals surface area contributed by atoms with E-state index in [0.717, 1.165) is 5.69 Å². The van der Waals surface area contributed by atoms with Gasteiger partial charge in [0.15, 0.2) is 0 Å². The molecule has 3 nitrogen and oxygen atoms in total. The zero-order valence-electron chi connectivity index (χ0n) is 6.78. The van der Waals surface area contributed by atoms with E-state index in [0.29, 0.717) is 12.5 Å². The molecule has 0 bridgehead atoms. The lowest BCUT2D eigenvalue weighted by atomic mass is 10.2. The van der Waals surface area contributed by atoms with Crippen molar-refractivity contribution in [1.82, 2.24) is 9.55 Å². The predicted octanol–water partition coefficient (Wildman–Crippen LogP) is 1.53. The van der Waals surface area contributed by atoms with Crippen molar-refractivity contribution in [3.05, 3.63) is 18.2 Å². The van der Waals surface area contributed by atoms with E-state index in [-0.39, 0.29) is 0 Å². The maximum atomic E-state index is 8.37. The zero-order valence-corrected chi connectivity index (χ0v) is 6.78. The molecule has 0 aromatic carbocycles. The lowest BCUT2D eigenvalue weighted by Gasteiger charge is -1.95. The van der Waals surface area contributed by atoms with Crippen LogP contribution in [-0.2, 0) is 6.54 Å². The number of hydrogen-bond acceptors (Lipinski definition) is 2. The highest BCUT2D eigenvalue weighted by atomic mass is 15.0. The molecule has 0 aliphatic heterocycles. The molecule has 0 amide bonds. The van der Waals surface area contributed by atoms with Gasteiger partial charge in [0, 0.05) is 6.20 Å². The minimum atomic E-state index is 0.389. The van der Waals surface area contributed by atoms with Gasteiger partial charge >= 0.3 is 0 Å². The van der Waals surface area contributed by atoms with Gasteiger partial charge in [-0.1, -0.05) is 13.8 Å². The first-order valence-electron chi connectivity index (χ1n) is 3.62. The molecule has 0 atom stereocenters. The summed E-state index contributed by atoms with van der Waals surface area (Å²) in [6.45, 7) is 4.55. The second-order valence-electron chi connectivity index (χ2n) is 2.78. The van der Waals surface area contributed by atoms with E-state index >= 15 is 0 Å². The van der Waals surface area contributed by atoms with E-state index in [2.05, 4.69) is 24.9 Å². The monoisotopic (exact) mass is 149 g/mol. The van der Waals surface area contributed by atoms with Gasteiger partial charge in [-0.25, -0.2) is 4.98 Å². The summed E-state index contributed by atoms with van der Waals surface area (Å²) in [5.41, 5.74) is 1.04. The van der Waals surface area contributed by atoms with Crippen LogP contribution in [0.3, 0.4) is 0 Å². The van der Waals surface area contributed by atoms with Crippen molar-refractivity contribution in [2.75, 3.05) is 0 Å². The van der Waals surface area contributed by atoms with Crippen LogP contribution in [0, 0.1) is 11.3 Å².